The Morgan fingerprint density at radius 3 is 2.52 bits per heavy atom. The van der Waals surface area contributed by atoms with Crippen molar-refractivity contribution >= 4 is 5.69 Å². The molecular weight excluding hydrogens is 284 g/mol. The van der Waals surface area contributed by atoms with Crippen LogP contribution in [-0.4, -0.2) is 35.5 Å². The van der Waals surface area contributed by atoms with E-state index in [4.69, 9.17) is 0 Å². The van der Waals surface area contributed by atoms with Crippen molar-refractivity contribution < 1.29 is 0 Å². The maximum Gasteiger partial charge on any atom is 0.0596 e. The molecule has 1 fully saturated rings. The molecule has 4 nitrogen and oxygen atoms in total. The summed E-state index contributed by atoms with van der Waals surface area (Å²) in [6, 6.07) is 13.6. The lowest BCUT2D eigenvalue weighted by Crippen LogP contribution is -2.43. The van der Waals surface area contributed by atoms with Crippen molar-refractivity contribution in [3.8, 4) is 0 Å². The van der Waals surface area contributed by atoms with Gasteiger partial charge in [-0.3, -0.25) is 4.68 Å². The van der Waals surface area contributed by atoms with Gasteiger partial charge < -0.3 is 10.2 Å². The lowest BCUT2D eigenvalue weighted by Gasteiger charge is -2.34. The normalized spacial score (nSPS) is 16.0. The Bertz CT molecular complexity index is 597. The summed E-state index contributed by atoms with van der Waals surface area (Å²) >= 11 is 0. The van der Waals surface area contributed by atoms with Gasteiger partial charge >= 0.3 is 0 Å². The summed E-state index contributed by atoms with van der Waals surface area (Å²) in [5, 5.41) is 8.24. The molecule has 3 rings (SSSR count). The number of para-hydroxylation sites is 1. The Morgan fingerprint density at radius 1 is 1.13 bits per heavy atom. The molecule has 1 aromatic heterocycles. The van der Waals surface area contributed by atoms with Gasteiger partial charge in [-0.05, 0) is 57.9 Å². The van der Waals surface area contributed by atoms with Crippen LogP contribution in [0.2, 0.25) is 0 Å². The minimum Gasteiger partial charge on any atom is -0.371 e. The second-order valence-electron chi connectivity index (χ2n) is 6.55. The summed E-state index contributed by atoms with van der Waals surface area (Å²) in [4.78, 5) is 2.49. The fraction of sp³-hybridized carbons (Fsp3) is 0.526. The molecule has 0 radical (unpaired) electrons. The third-order valence-corrected chi connectivity index (χ3v) is 4.70. The molecule has 124 valence electrons. The van der Waals surface area contributed by atoms with Crippen molar-refractivity contribution in [1.29, 1.82) is 0 Å². The Morgan fingerprint density at radius 2 is 1.87 bits per heavy atom. The fourth-order valence-corrected chi connectivity index (χ4v) is 3.42. The van der Waals surface area contributed by atoms with Gasteiger partial charge in [-0.25, -0.2) is 0 Å². The minimum atomic E-state index is 0.662. The average molecular weight is 312 g/mol. The zero-order valence-electron chi connectivity index (χ0n) is 14.3. The number of aromatic nitrogens is 2. The number of hydrogen-bond acceptors (Lipinski definition) is 3. The van der Waals surface area contributed by atoms with Crippen LogP contribution in [0, 0.1) is 13.8 Å². The lowest BCUT2D eigenvalue weighted by molar-refractivity contribution is 0.403. The molecule has 1 aliphatic rings. The molecule has 2 heterocycles. The second kappa shape index (κ2) is 7.64. The number of hydrogen-bond donors (Lipinski definition) is 1. The summed E-state index contributed by atoms with van der Waals surface area (Å²) in [6.45, 7) is 8.58. The van der Waals surface area contributed by atoms with E-state index < -0.39 is 0 Å². The number of rotatable bonds is 6. The van der Waals surface area contributed by atoms with Crippen LogP contribution < -0.4 is 10.2 Å². The molecule has 0 spiro atoms. The van der Waals surface area contributed by atoms with E-state index in [1.165, 1.54) is 24.2 Å². The Labute approximate surface area is 139 Å². The first-order valence-corrected chi connectivity index (χ1v) is 8.77. The molecule has 1 aliphatic heterocycles. The third-order valence-electron chi connectivity index (χ3n) is 4.70. The minimum absolute atomic E-state index is 0.662. The largest absolute Gasteiger partial charge is 0.371 e. The zero-order chi connectivity index (χ0) is 16.1. The summed E-state index contributed by atoms with van der Waals surface area (Å²) < 4.78 is 2.12. The van der Waals surface area contributed by atoms with Crippen LogP contribution in [-0.2, 0) is 6.54 Å². The number of nitrogens with zero attached hydrogens (tertiary/aromatic N) is 3. The van der Waals surface area contributed by atoms with Crippen LogP contribution in [0.1, 0.15) is 30.7 Å². The predicted octanol–water partition coefficient (Wildman–Crippen LogP) is 3.15. The first-order valence-electron chi connectivity index (χ1n) is 8.77. The molecule has 1 aromatic carbocycles. The molecule has 4 heteroatoms. The van der Waals surface area contributed by atoms with Crippen molar-refractivity contribution in [2.24, 2.45) is 0 Å². The van der Waals surface area contributed by atoms with E-state index in [2.05, 4.69) is 70.2 Å². The van der Waals surface area contributed by atoms with Crippen molar-refractivity contribution in [2.45, 2.75) is 45.7 Å². The Kier molecular flexibility index (Phi) is 5.34. The van der Waals surface area contributed by atoms with E-state index in [9.17, 15) is 0 Å². The zero-order valence-corrected chi connectivity index (χ0v) is 14.3. The third kappa shape index (κ3) is 4.35. The summed E-state index contributed by atoms with van der Waals surface area (Å²) in [5.74, 6) is 0. The van der Waals surface area contributed by atoms with Gasteiger partial charge in [0.05, 0.1) is 5.69 Å². The summed E-state index contributed by atoms with van der Waals surface area (Å²) in [7, 11) is 0. The standard InChI is InChI=1S/C19H28N4/c1-16-15-17(2)23(21-16)12-6-11-20-18-9-13-22(14-10-18)19-7-4-3-5-8-19/h3-5,7-8,15,18,20H,6,9-14H2,1-2H3. The van der Waals surface area contributed by atoms with E-state index in [0.717, 1.165) is 38.3 Å². The van der Waals surface area contributed by atoms with Gasteiger partial charge in [0.1, 0.15) is 0 Å². The quantitative estimate of drug-likeness (QED) is 0.832. The van der Waals surface area contributed by atoms with E-state index in [0.29, 0.717) is 6.04 Å². The van der Waals surface area contributed by atoms with Gasteiger partial charge in [-0.15, -0.1) is 0 Å². The molecule has 0 atom stereocenters. The van der Waals surface area contributed by atoms with Crippen molar-refractivity contribution in [3.05, 3.63) is 47.8 Å². The van der Waals surface area contributed by atoms with Crippen molar-refractivity contribution in [3.63, 3.8) is 0 Å². The first kappa shape index (κ1) is 16.1. The average Bonchev–Trinajstić information content (AvgIpc) is 2.90. The van der Waals surface area contributed by atoms with Crippen LogP contribution in [0.15, 0.2) is 36.4 Å². The van der Waals surface area contributed by atoms with E-state index in [1.807, 2.05) is 0 Å². The number of piperidine rings is 1. The Hall–Kier alpha value is -1.81. The molecule has 0 saturated carbocycles. The number of benzene rings is 1. The van der Waals surface area contributed by atoms with Crippen molar-refractivity contribution in [2.75, 3.05) is 24.5 Å². The monoisotopic (exact) mass is 312 g/mol. The van der Waals surface area contributed by atoms with E-state index in [1.54, 1.807) is 0 Å². The number of anilines is 1. The number of nitrogens with one attached hydrogen (secondary N) is 1. The van der Waals surface area contributed by atoms with Crippen LogP contribution >= 0.6 is 0 Å². The van der Waals surface area contributed by atoms with Crippen LogP contribution in [0.25, 0.3) is 0 Å². The van der Waals surface area contributed by atoms with Gasteiger partial charge in [-0.2, -0.15) is 5.10 Å². The SMILES string of the molecule is Cc1cc(C)n(CCCNC2CCN(c3ccccc3)CC2)n1. The molecule has 2 aromatic rings. The molecule has 0 bridgehead atoms. The molecule has 0 aliphatic carbocycles. The molecule has 1 N–H and O–H groups in total. The summed E-state index contributed by atoms with van der Waals surface area (Å²) in [6.07, 6.45) is 3.60. The van der Waals surface area contributed by atoms with E-state index >= 15 is 0 Å². The highest BCUT2D eigenvalue weighted by atomic mass is 15.3. The van der Waals surface area contributed by atoms with Crippen LogP contribution in [0.4, 0.5) is 5.69 Å². The summed E-state index contributed by atoms with van der Waals surface area (Å²) in [5.41, 5.74) is 3.73. The van der Waals surface area contributed by atoms with Gasteiger partial charge in [0.15, 0.2) is 0 Å². The predicted molar refractivity (Wildman–Crippen MR) is 96.0 cm³/mol. The van der Waals surface area contributed by atoms with E-state index in [-0.39, 0.29) is 0 Å². The number of aryl methyl sites for hydroxylation is 3. The highest BCUT2D eigenvalue weighted by Crippen LogP contribution is 2.19. The smallest absolute Gasteiger partial charge is 0.0596 e. The molecule has 0 unspecified atom stereocenters. The van der Waals surface area contributed by atoms with Crippen LogP contribution in [0.5, 0.6) is 0 Å². The lowest BCUT2D eigenvalue weighted by atomic mass is 10.0. The van der Waals surface area contributed by atoms with Gasteiger partial charge in [0, 0.05) is 37.1 Å². The second-order valence-corrected chi connectivity index (χ2v) is 6.55. The first-order chi connectivity index (χ1) is 11.2. The highest BCUT2D eigenvalue weighted by molar-refractivity contribution is 5.46. The maximum absolute atomic E-state index is 4.52. The molecule has 1 saturated heterocycles. The maximum atomic E-state index is 4.52. The highest BCUT2D eigenvalue weighted by Gasteiger charge is 2.18. The van der Waals surface area contributed by atoms with Gasteiger partial charge in [0.25, 0.3) is 0 Å². The fourth-order valence-electron chi connectivity index (χ4n) is 3.42. The van der Waals surface area contributed by atoms with Gasteiger partial charge in [0.2, 0.25) is 0 Å². The Balaban J connectivity index is 1.36. The van der Waals surface area contributed by atoms with Gasteiger partial charge in [-0.1, -0.05) is 18.2 Å². The van der Waals surface area contributed by atoms with Crippen LogP contribution in [0.3, 0.4) is 0 Å². The molecule has 23 heavy (non-hydrogen) atoms. The van der Waals surface area contributed by atoms with Crippen molar-refractivity contribution in [1.82, 2.24) is 15.1 Å². The molecule has 0 amide bonds. The topological polar surface area (TPSA) is 33.1 Å². The molecular formula is C19H28N4.